The van der Waals surface area contributed by atoms with Gasteiger partial charge in [-0.1, -0.05) is 30.3 Å². The van der Waals surface area contributed by atoms with Gasteiger partial charge in [0.05, 0.1) is 19.0 Å². The Hall–Kier alpha value is -4.11. The van der Waals surface area contributed by atoms with Gasteiger partial charge in [-0.15, -0.1) is 0 Å². The second kappa shape index (κ2) is 10.9. The standard InChI is InChI=1S/C27H28ClN7O2/c1-3-19-17-31-35-25(30-16-18-5-4-10-29-15-18)14-22(32-26(19)35)20-8-11-34(12-9-20)27(36)33-23-13-21(28)6-7-24(23)37-2/h3-7,10,13-15,17,20,30H,1,8-9,11-12,16H2,2H3,(H,33,36). The summed E-state index contributed by atoms with van der Waals surface area (Å²) in [6.45, 7) is 5.74. The fourth-order valence-electron chi connectivity index (χ4n) is 4.52. The third-order valence-corrected chi connectivity index (χ3v) is 6.77. The SMILES string of the molecule is C=Cc1cnn2c(NCc3cccnc3)cc(C3CCN(C(=O)Nc4cc(Cl)ccc4OC)CC3)nc12. The molecule has 1 aliphatic rings. The zero-order valence-electron chi connectivity index (χ0n) is 20.5. The van der Waals surface area contributed by atoms with E-state index >= 15 is 0 Å². The van der Waals surface area contributed by atoms with Crippen LogP contribution in [0.1, 0.15) is 35.6 Å². The normalized spacial score (nSPS) is 13.9. The summed E-state index contributed by atoms with van der Waals surface area (Å²) in [6.07, 6.45) is 8.72. The summed E-state index contributed by atoms with van der Waals surface area (Å²) < 4.78 is 7.15. The maximum atomic E-state index is 13.0. The van der Waals surface area contributed by atoms with E-state index in [1.807, 2.05) is 23.2 Å². The van der Waals surface area contributed by atoms with Crippen LogP contribution in [0.3, 0.4) is 0 Å². The van der Waals surface area contributed by atoms with Gasteiger partial charge in [0.2, 0.25) is 0 Å². The minimum Gasteiger partial charge on any atom is -0.495 e. The van der Waals surface area contributed by atoms with Crippen molar-refractivity contribution in [3.63, 3.8) is 0 Å². The summed E-state index contributed by atoms with van der Waals surface area (Å²) in [5, 5.41) is 11.4. The lowest BCUT2D eigenvalue weighted by Crippen LogP contribution is -2.40. The van der Waals surface area contributed by atoms with E-state index in [4.69, 9.17) is 21.3 Å². The molecule has 1 saturated heterocycles. The molecule has 190 valence electrons. The van der Waals surface area contributed by atoms with Crippen molar-refractivity contribution >= 4 is 40.9 Å². The molecule has 2 N–H and O–H groups in total. The first-order valence-electron chi connectivity index (χ1n) is 12.1. The summed E-state index contributed by atoms with van der Waals surface area (Å²) in [6, 6.07) is 11.0. The lowest BCUT2D eigenvalue weighted by molar-refractivity contribution is 0.194. The van der Waals surface area contributed by atoms with E-state index < -0.39 is 0 Å². The number of ether oxygens (including phenoxy) is 1. The number of nitrogens with zero attached hydrogens (tertiary/aromatic N) is 5. The summed E-state index contributed by atoms with van der Waals surface area (Å²) in [5.41, 5.74) is 4.23. The Kier molecular flexibility index (Phi) is 7.23. The Bertz CT molecular complexity index is 1420. The van der Waals surface area contributed by atoms with Crippen LogP contribution in [-0.2, 0) is 6.54 Å². The molecule has 1 aromatic carbocycles. The van der Waals surface area contributed by atoms with Gasteiger partial charge in [0.15, 0.2) is 5.65 Å². The van der Waals surface area contributed by atoms with Gasteiger partial charge in [0.1, 0.15) is 11.6 Å². The fraction of sp³-hybridized carbons (Fsp3) is 0.259. The van der Waals surface area contributed by atoms with Gasteiger partial charge in [0.25, 0.3) is 0 Å². The average molecular weight is 518 g/mol. The summed E-state index contributed by atoms with van der Waals surface area (Å²) in [4.78, 5) is 23.9. The van der Waals surface area contributed by atoms with E-state index in [1.54, 1.807) is 48.3 Å². The molecule has 0 bridgehead atoms. The van der Waals surface area contributed by atoms with Gasteiger partial charge in [-0.2, -0.15) is 9.61 Å². The molecule has 3 aromatic heterocycles. The van der Waals surface area contributed by atoms with Crippen LogP contribution in [0.4, 0.5) is 16.3 Å². The molecule has 4 heterocycles. The fourth-order valence-corrected chi connectivity index (χ4v) is 4.70. The predicted molar refractivity (Wildman–Crippen MR) is 145 cm³/mol. The van der Waals surface area contributed by atoms with Crippen LogP contribution in [0.5, 0.6) is 5.75 Å². The van der Waals surface area contributed by atoms with E-state index in [0.717, 1.165) is 41.1 Å². The Morgan fingerprint density at radius 2 is 2.08 bits per heavy atom. The lowest BCUT2D eigenvalue weighted by Gasteiger charge is -2.32. The number of fused-ring (bicyclic) bond motifs is 1. The second-order valence-electron chi connectivity index (χ2n) is 8.86. The summed E-state index contributed by atoms with van der Waals surface area (Å²) in [7, 11) is 1.56. The van der Waals surface area contributed by atoms with Crippen molar-refractivity contribution in [3.05, 3.63) is 83.4 Å². The first-order valence-corrected chi connectivity index (χ1v) is 12.5. The van der Waals surface area contributed by atoms with Gasteiger partial charge >= 0.3 is 6.03 Å². The Morgan fingerprint density at radius 3 is 2.81 bits per heavy atom. The van der Waals surface area contributed by atoms with Gasteiger partial charge in [-0.25, -0.2) is 9.78 Å². The molecule has 9 nitrogen and oxygen atoms in total. The number of hydrogen-bond donors (Lipinski definition) is 2. The Morgan fingerprint density at radius 1 is 1.24 bits per heavy atom. The molecule has 0 saturated carbocycles. The highest BCUT2D eigenvalue weighted by atomic mass is 35.5. The number of pyridine rings is 1. The monoisotopic (exact) mass is 517 g/mol. The quantitative estimate of drug-likeness (QED) is 0.338. The number of piperidine rings is 1. The lowest BCUT2D eigenvalue weighted by atomic mass is 9.93. The molecule has 1 fully saturated rings. The highest BCUT2D eigenvalue weighted by Crippen LogP contribution is 2.32. The minimum absolute atomic E-state index is 0.175. The zero-order valence-corrected chi connectivity index (χ0v) is 21.3. The molecule has 0 aliphatic carbocycles. The molecule has 0 spiro atoms. The topological polar surface area (TPSA) is 96.7 Å². The van der Waals surface area contributed by atoms with Gasteiger partial charge in [0, 0.05) is 60.3 Å². The number of aromatic nitrogens is 4. The van der Waals surface area contributed by atoms with Gasteiger partial charge in [-0.05, 0) is 42.7 Å². The third kappa shape index (κ3) is 5.36. The number of likely N-dealkylation sites (tertiary alicyclic amines) is 1. The molecular formula is C27H28ClN7O2. The number of hydrogen-bond acceptors (Lipinski definition) is 6. The summed E-state index contributed by atoms with van der Waals surface area (Å²) >= 11 is 6.11. The Balaban J connectivity index is 1.31. The van der Waals surface area contributed by atoms with Crippen molar-refractivity contribution < 1.29 is 9.53 Å². The maximum absolute atomic E-state index is 13.0. The third-order valence-electron chi connectivity index (χ3n) is 6.54. The highest BCUT2D eigenvalue weighted by molar-refractivity contribution is 6.31. The molecule has 1 aliphatic heterocycles. The van der Waals surface area contributed by atoms with E-state index in [2.05, 4.69) is 33.4 Å². The number of rotatable bonds is 7. The van der Waals surface area contributed by atoms with Crippen molar-refractivity contribution in [1.29, 1.82) is 0 Å². The first kappa shape index (κ1) is 24.6. The highest BCUT2D eigenvalue weighted by Gasteiger charge is 2.26. The predicted octanol–water partition coefficient (Wildman–Crippen LogP) is 5.45. The van der Waals surface area contributed by atoms with Crippen molar-refractivity contribution in [2.75, 3.05) is 30.8 Å². The van der Waals surface area contributed by atoms with Crippen LogP contribution < -0.4 is 15.4 Å². The first-order chi connectivity index (χ1) is 18.1. The summed E-state index contributed by atoms with van der Waals surface area (Å²) in [5.74, 6) is 1.63. The maximum Gasteiger partial charge on any atom is 0.321 e. The van der Waals surface area contributed by atoms with Crippen LogP contribution in [0.25, 0.3) is 11.7 Å². The number of anilines is 2. The molecule has 37 heavy (non-hydrogen) atoms. The number of amides is 2. The van der Waals surface area contributed by atoms with Gasteiger partial charge < -0.3 is 20.3 Å². The number of urea groups is 1. The molecule has 10 heteroatoms. The number of carbonyl (C=O) groups excluding carboxylic acids is 1. The van der Waals surface area contributed by atoms with Crippen LogP contribution in [0, 0.1) is 0 Å². The van der Waals surface area contributed by atoms with E-state index in [1.165, 1.54) is 0 Å². The largest absolute Gasteiger partial charge is 0.495 e. The molecule has 0 unspecified atom stereocenters. The molecule has 2 amide bonds. The molecule has 0 radical (unpaired) electrons. The molecule has 4 aromatic rings. The van der Waals surface area contributed by atoms with E-state index in [9.17, 15) is 4.79 Å². The smallest absolute Gasteiger partial charge is 0.321 e. The van der Waals surface area contributed by atoms with Gasteiger partial charge in [-0.3, -0.25) is 4.98 Å². The van der Waals surface area contributed by atoms with Crippen molar-refractivity contribution in [1.82, 2.24) is 24.5 Å². The number of halogens is 1. The molecule has 5 rings (SSSR count). The van der Waals surface area contributed by atoms with Crippen molar-refractivity contribution in [3.8, 4) is 5.75 Å². The number of benzene rings is 1. The van der Waals surface area contributed by atoms with Crippen LogP contribution >= 0.6 is 11.6 Å². The van der Waals surface area contributed by atoms with Crippen LogP contribution in [0.2, 0.25) is 5.02 Å². The zero-order chi connectivity index (χ0) is 25.8. The number of carbonyl (C=O) groups is 1. The molecular weight excluding hydrogens is 490 g/mol. The minimum atomic E-state index is -0.175. The number of methoxy groups -OCH3 is 1. The van der Waals surface area contributed by atoms with E-state index in [-0.39, 0.29) is 11.9 Å². The average Bonchev–Trinajstić information content (AvgIpc) is 3.36. The molecule has 0 atom stereocenters. The van der Waals surface area contributed by atoms with Crippen LogP contribution in [-0.4, -0.2) is 50.7 Å². The Labute approximate surface area is 220 Å². The number of nitrogens with one attached hydrogen (secondary N) is 2. The second-order valence-corrected chi connectivity index (χ2v) is 9.29. The van der Waals surface area contributed by atoms with Crippen molar-refractivity contribution in [2.45, 2.75) is 25.3 Å². The van der Waals surface area contributed by atoms with Crippen molar-refractivity contribution in [2.24, 2.45) is 0 Å². The van der Waals surface area contributed by atoms with E-state index in [0.29, 0.717) is 36.1 Å². The van der Waals surface area contributed by atoms with Crippen LogP contribution in [0.15, 0.2) is 61.6 Å².